The molecule has 0 saturated carbocycles. The largest absolute Gasteiger partial charge is 0.344 e. The molecule has 1 aromatic heterocycles. The van der Waals surface area contributed by atoms with Crippen molar-refractivity contribution in [1.82, 2.24) is 14.8 Å². The van der Waals surface area contributed by atoms with E-state index in [9.17, 15) is 9.59 Å². The Bertz CT molecular complexity index is 966. The van der Waals surface area contributed by atoms with Crippen molar-refractivity contribution in [3.8, 4) is 0 Å². The lowest BCUT2D eigenvalue weighted by molar-refractivity contribution is 0.0788. The molecule has 3 amide bonds. The maximum Gasteiger partial charge on any atom is 0.322 e. The number of carbonyl (C=O) groups is 2. The number of thiazole rings is 1. The Labute approximate surface area is 195 Å². The molecule has 2 aliphatic heterocycles. The molecule has 0 unspecified atom stereocenters. The van der Waals surface area contributed by atoms with E-state index in [1.807, 2.05) is 27.3 Å². The first-order chi connectivity index (χ1) is 15.2. The van der Waals surface area contributed by atoms with Crippen LogP contribution in [0.1, 0.15) is 30.3 Å². The topological polar surface area (TPSA) is 68.8 Å². The third kappa shape index (κ3) is 4.99. The first-order valence-electron chi connectivity index (χ1n) is 11.4. The molecule has 172 valence electrons. The van der Waals surface area contributed by atoms with Crippen LogP contribution >= 0.6 is 11.3 Å². The van der Waals surface area contributed by atoms with E-state index in [1.165, 1.54) is 16.5 Å². The van der Waals surface area contributed by atoms with Crippen LogP contribution in [0.25, 0.3) is 0 Å². The number of piperazine rings is 1. The van der Waals surface area contributed by atoms with Gasteiger partial charge in [0.1, 0.15) is 5.69 Å². The number of likely N-dealkylation sites (tertiary alicyclic amines) is 1. The molecule has 2 aliphatic rings. The van der Waals surface area contributed by atoms with Gasteiger partial charge in [-0.1, -0.05) is 37.0 Å². The number of hydrogen-bond acceptors (Lipinski definition) is 5. The summed E-state index contributed by atoms with van der Waals surface area (Å²) < 4.78 is 0. The highest BCUT2D eigenvalue weighted by atomic mass is 32.1. The average molecular weight is 472 g/mol. The second kappa shape index (κ2) is 9.23. The number of nitrogens with zero attached hydrogens (tertiary/aromatic N) is 4. The van der Waals surface area contributed by atoms with E-state index in [0.717, 1.165) is 36.8 Å². The van der Waals surface area contributed by atoms with Crippen molar-refractivity contribution in [2.75, 3.05) is 42.9 Å². The summed E-state index contributed by atoms with van der Waals surface area (Å²) in [4.78, 5) is 36.0. The number of urea groups is 1. The minimum Gasteiger partial charge on any atom is -0.344 e. The van der Waals surface area contributed by atoms with E-state index in [0.29, 0.717) is 25.3 Å². The summed E-state index contributed by atoms with van der Waals surface area (Å²) in [5.41, 5.74) is 1.37. The molecule has 2 aromatic rings. The number of carbonyl (C=O) groups excluding carboxylic acids is 2. The number of hydrogen-bond donors (Lipinski definition) is 1. The Morgan fingerprint density at radius 1 is 1.06 bits per heavy atom. The summed E-state index contributed by atoms with van der Waals surface area (Å²) in [7, 11) is -1.35. The molecule has 1 atom stereocenters. The zero-order valence-electron chi connectivity index (χ0n) is 19.4. The normalized spacial score (nSPS) is 19.4. The predicted molar refractivity (Wildman–Crippen MR) is 134 cm³/mol. The van der Waals surface area contributed by atoms with Crippen molar-refractivity contribution < 1.29 is 9.59 Å². The fourth-order valence-corrected chi connectivity index (χ4v) is 6.28. The SMILES string of the molecule is C[C@@H]1CN(c2nc(C(=O)N3CCCC3)cs2)CCN1C(=O)Nc1ccc([Si](C)(C)C)cc1. The molecule has 0 bridgehead atoms. The molecule has 1 N–H and O–H groups in total. The molecule has 2 saturated heterocycles. The standard InChI is InChI=1S/C23H33N5O2SSi/c1-17-15-27(23-25-20(16-31-23)21(29)26-11-5-6-12-26)13-14-28(17)22(30)24-18-7-9-19(10-8-18)32(2,3)4/h7-10,16-17H,5-6,11-15H2,1-4H3,(H,24,30)/t17-/m1/s1. The second-order valence-corrected chi connectivity index (χ2v) is 15.7. The number of nitrogens with one attached hydrogen (secondary N) is 1. The lowest BCUT2D eigenvalue weighted by Crippen LogP contribution is -2.55. The highest BCUT2D eigenvalue weighted by Crippen LogP contribution is 2.25. The van der Waals surface area contributed by atoms with Crippen LogP contribution in [-0.2, 0) is 0 Å². The fourth-order valence-electron chi connectivity index (χ4n) is 4.27. The van der Waals surface area contributed by atoms with Crippen LogP contribution in [0.4, 0.5) is 15.6 Å². The summed E-state index contributed by atoms with van der Waals surface area (Å²) in [6.07, 6.45) is 2.15. The van der Waals surface area contributed by atoms with Crippen LogP contribution in [-0.4, -0.2) is 73.6 Å². The smallest absolute Gasteiger partial charge is 0.322 e. The number of amides is 3. The number of benzene rings is 1. The molecule has 7 nitrogen and oxygen atoms in total. The summed E-state index contributed by atoms with van der Waals surface area (Å²) in [6, 6.07) is 8.25. The lowest BCUT2D eigenvalue weighted by atomic mass is 10.2. The minimum absolute atomic E-state index is 0.0382. The summed E-state index contributed by atoms with van der Waals surface area (Å²) in [5, 5.41) is 7.15. The van der Waals surface area contributed by atoms with Gasteiger partial charge in [0, 0.05) is 49.8 Å². The predicted octanol–water partition coefficient (Wildman–Crippen LogP) is 3.67. The summed E-state index contributed by atoms with van der Waals surface area (Å²) >= 11 is 1.51. The van der Waals surface area contributed by atoms with E-state index < -0.39 is 8.07 Å². The number of anilines is 2. The number of aromatic nitrogens is 1. The molecular weight excluding hydrogens is 438 g/mol. The molecule has 2 fully saturated rings. The van der Waals surface area contributed by atoms with Gasteiger partial charge >= 0.3 is 6.03 Å². The van der Waals surface area contributed by atoms with E-state index in [-0.39, 0.29) is 18.0 Å². The fraction of sp³-hybridized carbons (Fsp3) is 0.522. The van der Waals surface area contributed by atoms with Gasteiger partial charge in [0.25, 0.3) is 5.91 Å². The molecule has 4 rings (SSSR count). The van der Waals surface area contributed by atoms with Crippen molar-refractivity contribution in [3.63, 3.8) is 0 Å². The van der Waals surface area contributed by atoms with Crippen LogP contribution in [0.2, 0.25) is 19.6 Å². The van der Waals surface area contributed by atoms with Gasteiger partial charge in [-0.3, -0.25) is 4.79 Å². The van der Waals surface area contributed by atoms with Gasteiger partial charge in [-0.25, -0.2) is 9.78 Å². The van der Waals surface area contributed by atoms with Crippen molar-refractivity contribution in [2.45, 2.75) is 45.4 Å². The molecule has 0 spiro atoms. The minimum atomic E-state index is -1.35. The highest BCUT2D eigenvalue weighted by molar-refractivity contribution is 7.13. The van der Waals surface area contributed by atoms with Crippen molar-refractivity contribution in [1.29, 1.82) is 0 Å². The van der Waals surface area contributed by atoms with Gasteiger partial charge in [0.15, 0.2) is 5.13 Å². The third-order valence-electron chi connectivity index (χ3n) is 6.27. The lowest BCUT2D eigenvalue weighted by Gasteiger charge is -2.39. The van der Waals surface area contributed by atoms with Crippen molar-refractivity contribution in [3.05, 3.63) is 35.3 Å². The van der Waals surface area contributed by atoms with Crippen LogP contribution in [0, 0.1) is 0 Å². The monoisotopic (exact) mass is 471 g/mol. The van der Waals surface area contributed by atoms with E-state index in [2.05, 4.69) is 53.9 Å². The van der Waals surface area contributed by atoms with Gasteiger partial charge in [0.2, 0.25) is 0 Å². The van der Waals surface area contributed by atoms with Gasteiger partial charge in [-0.2, -0.15) is 0 Å². The van der Waals surface area contributed by atoms with Crippen molar-refractivity contribution in [2.24, 2.45) is 0 Å². The van der Waals surface area contributed by atoms with E-state index in [1.54, 1.807) is 0 Å². The van der Waals surface area contributed by atoms with Crippen LogP contribution in [0.3, 0.4) is 0 Å². The Balaban J connectivity index is 1.34. The zero-order valence-corrected chi connectivity index (χ0v) is 21.2. The number of rotatable bonds is 4. The maximum atomic E-state index is 12.9. The second-order valence-electron chi connectivity index (χ2n) is 9.76. The highest BCUT2D eigenvalue weighted by Gasteiger charge is 2.30. The summed E-state index contributed by atoms with van der Waals surface area (Å²) in [6.45, 7) is 12.7. The maximum absolute atomic E-state index is 12.9. The van der Waals surface area contributed by atoms with Gasteiger partial charge in [-0.05, 0) is 31.9 Å². The average Bonchev–Trinajstić information content (AvgIpc) is 3.45. The zero-order chi connectivity index (χ0) is 22.9. The molecule has 0 radical (unpaired) electrons. The van der Waals surface area contributed by atoms with Crippen LogP contribution in [0.15, 0.2) is 29.6 Å². The van der Waals surface area contributed by atoms with E-state index >= 15 is 0 Å². The van der Waals surface area contributed by atoms with Crippen LogP contribution in [0.5, 0.6) is 0 Å². The van der Waals surface area contributed by atoms with Gasteiger partial charge < -0.3 is 20.0 Å². The molecule has 1 aromatic carbocycles. The van der Waals surface area contributed by atoms with Gasteiger partial charge in [-0.15, -0.1) is 11.3 Å². The molecule has 3 heterocycles. The molecule has 9 heteroatoms. The Hall–Kier alpha value is -2.39. The molecule has 32 heavy (non-hydrogen) atoms. The Morgan fingerprint density at radius 3 is 2.38 bits per heavy atom. The Morgan fingerprint density at radius 2 is 1.75 bits per heavy atom. The first kappa shape index (κ1) is 22.8. The summed E-state index contributed by atoms with van der Waals surface area (Å²) in [5.74, 6) is 0.0382. The third-order valence-corrected chi connectivity index (χ3v) is 9.23. The van der Waals surface area contributed by atoms with Crippen LogP contribution < -0.4 is 15.4 Å². The Kier molecular flexibility index (Phi) is 6.57. The van der Waals surface area contributed by atoms with Crippen molar-refractivity contribution >= 4 is 47.4 Å². The first-order valence-corrected chi connectivity index (χ1v) is 15.8. The van der Waals surface area contributed by atoms with E-state index in [4.69, 9.17) is 0 Å². The quantitative estimate of drug-likeness (QED) is 0.691. The van der Waals surface area contributed by atoms with Gasteiger partial charge in [0.05, 0.1) is 8.07 Å². The molecule has 0 aliphatic carbocycles. The molecular formula is C23H33N5O2SSi.